The van der Waals surface area contributed by atoms with Crippen molar-refractivity contribution in [3.8, 4) is 0 Å². The molecule has 2 aromatic heterocycles. The van der Waals surface area contributed by atoms with Crippen molar-refractivity contribution in [2.45, 2.75) is 25.6 Å². The number of hydrogen-bond donors (Lipinski definition) is 1. The van der Waals surface area contributed by atoms with E-state index in [1.807, 2.05) is 17.0 Å². The van der Waals surface area contributed by atoms with Crippen LogP contribution < -0.4 is 5.32 Å². The lowest BCUT2D eigenvalue weighted by Crippen LogP contribution is -2.42. The van der Waals surface area contributed by atoms with Crippen LogP contribution >= 0.6 is 22.7 Å². The highest BCUT2D eigenvalue weighted by atomic mass is 32.1. The molecular weight excluding hydrogens is 316 g/mol. The van der Waals surface area contributed by atoms with Crippen LogP contribution in [0.15, 0.2) is 35.0 Å². The Morgan fingerprint density at radius 1 is 1.23 bits per heavy atom. The Hall–Kier alpha value is -1.21. The second kappa shape index (κ2) is 7.87. The number of hydrogen-bond acceptors (Lipinski definition) is 5. The Labute approximate surface area is 138 Å². The average molecular weight is 336 g/mol. The van der Waals surface area contributed by atoms with Gasteiger partial charge in [-0.25, -0.2) is 0 Å². The molecule has 22 heavy (non-hydrogen) atoms. The minimum atomic E-state index is -0.00424. The fourth-order valence-electron chi connectivity index (χ4n) is 2.49. The van der Waals surface area contributed by atoms with Gasteiger partial charge in [0.15, 0.2) is 0 Å². The van der Waals surface area contributed by atoms with E-state index in [1.165, 1.54) is 9.75 Å². The number of carbonyl (C=O) groups is 1. The van der Waals surface area contributed by atoms with Crippen molar-refractivity contribution in [3.05, 3.63) is 44.8 Å². The molecular formula is C16H20N2O2S2. The molecule has 0 radical (unpaired) electrons. The van der Waals surface area contributed by atoms with Gasteiger partial charge in [0.1, 0.15) is 0 Å². The van der Waals surface area contributed by atoms with Crippen molar-refractivity contribution in [2.24, 2.45) is 0 Å². The number of rotatable bonds is 6. The minimum Gasteiger partial charge on any atom is -0.375 e. The fraction of sp³-hybridized carbons (Fsp3) is 0.438. The molecule has 1 fully saturated rings. The number of nitrogens with zero attached hydrogens (tertiary/aromatic N) is 1. The summed E-state index contributed by atoms with van der Waals surface area (Å²) in [6.07, 6.45) is 0.444. The molecule has 0 bridgehead atoms. The third-order valence-electron chi connectivity index (χ3n) is 3.61. The first kappa shape index (κ1) is 15.7. The summed E-state index contributed by atoms with van der Waals surface area (Å²) in [5.74, 6) is 0.163. The molecule has 0 spiro atoms. The van der Waals surface area contributed by atoms with E-state index in [0.717, 1.165) is 13.1 Å². The quantitative estimate of drug-likeness (QED) is 0.882. The van der Waals surface area contributed by atoms with Crippen LogP contribution in [0.4, 0.5) is 0 Å². The second-order valence-electron chi connectivity index (χ2n) is 5.31. The molecule has 0 saturated carbocycles. The van der Waals surface area contributed by atoms with Gasteiger partial charge in [0.05, 0.1) is 32.2 Å². The minimum absolute atomic E-state index is 0.00424. The zero-order valence-corrected chi connectivity index (χ0v) is 14.0. The lowest BCUT2D eigenvalue weighted by molar-refractivity contribution is -0.135. The Kier molecular flexibility index (Phi) is 5.61. The van der Waals surface area contributed by atoms with Crippen molar-refractivity contribution in [2.75, 3.05) is 19.7 Å². The van der Waals surface area contributed by atoms with Gasteiger partial charge in [-0.15, -0.1) is 22.7 Å². The summed E-state index contributed by atoms with van der Waals surface area (Å²) < 4.78 is 5.66. The van der Waals surface area contributed by atoms with E-state index in [9.17, 15) is 4.79 Å². The Bertz CT molecular complexity index is 527. The van der Waals surface area contributed by atoms with E-state index >= 15 is 0 Å². The molecule has 0 aliphatic carbocycles. The van der Waals surface area contributed by atoms with Crippen molar-refractivity contribution in [3.63, 3.8) is 0 Å². The van der Waals surface area contributed by atoms with Crippen LogP contribution in [0.5, 0.6) is 0 Å². The van der Waals surface area contributed by atoms with E-state index in [-0.39, 0.29) is 12.0 Å². The average Bonchev–Trinajstić information content (AvgIpc) is 3.21. The number of carbonyl (C=O) groups excluding carboxylic acids is 1. The SMILES string of the molecule is O=C(CC1CNCCO1)N(Cc1cccs1)Cc1cccs1. The zero-order valence-electron chi connectivity index (χ0n) is 12.4. The lowest BCUT2D eigenvalue weighted by atomic mass is 10.2. The van der Waals surface area contributed by atoms with Crippen LogP contribution in [0.1, 0.15) is 16.2 Å². The molecule has 2 aromatic rings. The summed E-state index contributed by atoms with van der Waals surface area (Å²) in [5.41, 5.74) is 0. The molecule has 1 amide bonds. The smallest absolute Gasteiger partial charge is 0.225 e. The largest absolute Gasteiger partial charge is 0.375 e. The summed E-state index contributed by atoms with van der Waals surface area (Å²) in [7, 11) is 0. The maximum atomic E-state index is 12.7. The van der Waals surface area contributed by atoms with Gasteiger partial charge in [0, 0.05) is 22.8 Å². The summed E-state index contributed by atoms with van der Waals surface area (Å²) in [5, 5.41) is 7.38. The molecule has 1 saturated heterocycles. The molecule has 0 aromatic carbocycles. The summed E-state index contributed by atoms with van der Waals surface area (Å²) in [6, 6.07) is 8.22. The molecule has 1 aliphatic rings. The van der Waals surface area contributed by atoms with Crippen LogP contribution in [0.3, 0.4) is 0 Å². The van der Waals surface area contributed by atoms with Crippen molar-refractivity contribution in [1.82, 2.24) is 10.2 Å². The first-order valence-electron chi connectivity index (χ1n) is 7.46. The van der Waals surface area contributed by atoms with Gasteiger partial charge in [-0.3, -0.25) is 4.79 Å². The Morgan fingerprint density at radius 2 is 1.91 bits per heavy atom. The molecule has 1 atom stereocenters. The molecule has 118 valence electrons. The van der Waals surface area contributed by atoms with Gasteiger partial charge in [-0.2, -0.15) is 0 Å². The molecule has 3 heterocycles. The van der Waals surface area contributed by atoms with Crippen LogP contribution in [0.25, 0.3) is 0 Å². The van der Waals surface area contributed by atoms with Crippen LogP contribution in [0, 0.1) is 0 Å². The van der Waals surface area contributed by atoms with Gasteiger partial charge < -0.3 is 15.0 Å². The van der Waals surface area contributed by atoms with Crippen molar-refractivity contribution < 1.29 is 9.53 Å². The summed E-state index contributed by atoms with van der Waals surface area (Å²) >= 11 is 3.39. The molecule has 6 heteroatoms. The fourth-order valence-corrected chi connectivity index (χ4v) is 3.93. The van der Waals surface area contributed by atoms with Gasteiger partial charge in [-0.1, -0.05) is 12.1 Å². The first-order valence-corrected chi connectivity index (χ1v) is 9.22. The third kappa shape index (κ3) is 4.39. The standard InChI is InChI=1S/C16H20N2O2S2/c19-16(9-13-10-17-5-6-20-13)18(11-14-3-1-7-21-14)12-15-4-2-8-22-15/h1-4,7-8,13,17H,5-6,9-12H2. The maximum Gasteiger partial charge on any atom is 0.225 e. The van der Waals surface area contributed by atoms with E-state index in [0.29, 0.717) is 26.1 Å². The van der Waals surface area contributed by atoms with Crippen LogP contribution in [0.2, 0.25) is 0 Å². The van der Waals surface area contributed by atoms with Crippen LogP contribution in [-0.4, -0.2) is 36.6 Å². The monoisotopic (exact) mass is 336 g/mol. The van der Waals surface area contributed by atoms with E-state index in [1.54, 1.807) is 22.7 Å². The van der Waals surface area contributed by atoms with Gasteiger partial charge >= 0.3 is 0 Å². The Balaban J connectivity index is 1.64. The third-order valence-corrected chi connectivity index (χ3v) is 5.34. The second-order valence-corrected chi connectivity index (χ2v) is 7.37. The first-order chi connectivity index (χ1) is 10.8. The molecule has 4 nitrogen and oxygen atoms in total. The van der Waals surface area contributed by atoms with Crippen molar-refractivity contribution in [1.29, 1.82) is 0 Å². The molecule has 1 unspecified atom stereocenters. The highest BCUT2D eigenvalue weighted by Gasteiger charge is 2.22. The topological polar surface area (TPSA) is 41.6 Å². The Morgan fingerprint density at radius 3 is 2.41 bits per heavy atom. The number of thiophene rings is 2. The van der Waals surface area contributed by atoms with E-state index in [2.05, 4.69) is 28.2 Å². The van der Waals surface area contributed by atoms with Gasteiger partial charge in [0.25, 0.3) is 0 Å². The highest BCUT2D eigenvalue weighted by Crippen LogP contribution is 2.19. The van der Waals surface area contributed by atoms with Crippen LogP contribution in [-0.2, 0) is 22.6 Å². The number of ether oxygens (including phenoxy) is 1. The van der Waals surface area contributed by atoms with E-state index in [4.69, 9.17) is 4.74 Å². The molecule has 1 N–H and O–H groups in total. The van der Waals surface area contributed by atoms with E-state index < -0.39 is 0 Å². The normalized spacial score (nSPS) is 18.3. The maximum absolute atomic E-state index is 12.7. The predicted octanol–water partition coefficient (Wildman–Crippen LogP) is 2.72. The molecule has 1 aliphatic heterocycles. The van der Waals surface area contributed by atoms with Gasteiger partial charge in [-0.05, 0) is 22.9 Å². The van der Waals surface area contributed by atoms with Crippen molar-refractivity contribution >= 4 is 28.6 Å². The summed E-state index contributed by atoms with van der Waals surface area (Å²) in [4.78, 5) is 17.1. The zero-order chi connectivity index (χ0) is 15.2. The lowest BCUT2D eigenvalue weighted by Gasteiger charge is -2.27. The highest BCUT2D eigenvalue weighted by molar-refractivity contribution is 7.10. The molecule has 3 rings (SSSR count). The number of nitrogens with one attached hydrogen (secondary N) is 1. The predicted molar refractivity (Wildman–Crippen MR) is 90.1 cm³/mol. The number of amides is 1. The van der Waals surface area contributed by atoms with Gasteiger partial charge in [0.2, 0.25) is 5.91 Å². The summed E-state index contributed by atoms with van der Waals surface area (Å²) in [6.45, 7) is 3.67. The number of morpholine rings is 1.